The molecule has 5 rings (SSSR count). The molecule has 4 aliphatic rings. The first-order valence-corrected chi connectivity index (χ1v) is 16.9. The van der Waals surface area contributed by atoms with Crippen molar-refractivity contribution < 1.29 is 19.4 Å². The summed E-state index contributed by atoms with van der Waals surface area (Å²) in [5, 5.41) is 12.3. The molecule has 42 heavy (non-hydrogen) atoms. The number of carboxylic acids is 1. The molecule has 232 valence electrons. The van der Waals surface area contributed by atoms with Crippen molar-refractivity contribution in [3.63, 3.8) is 0 Å². The van der Waals surface area contributed by atoms with E-state index in [9.17, 15) is 14.7 Å². The van der Waals surface area contributed by atoms with Gasteiger partial charge in [-0.05, 0) is 96.8 Å². The van der Waals surface area contributed by atoms with Crippen molar-refractivity contribution in [3.05, 3.63) is 47.5 Å². The van der Waals surface area contributed by atoms with E-state index in [4.69, 9.17) is 4.74 Å². The molecule has 1 amide bonds. The third-order valence-corrected chi connectivity index (χ3v) is 12.4. The number of carbonyl (C=O) groups is 2. The predicted molar refractivity (Wildman–Crippen MR) is 168 cm³/mol. The molecule has 3 saturated carbocycles. The van der Waals surface area contributed by atoms with E-state index in [1.165, 1.54) is 56.9 Å². The van der Waals surface area contributed by atoms with Gasteiger partial charge in [-0.15, -0.1) is 0 Å². The minimum atomic E-state index is -1.04. The molecule has 0 aromatic heterocycles. The normalized spacial score (nSPS) is 35.3. The highest BCUT2D eigenvalue weighted by Gasteiger charge is 2.59. The largest absolute Gasteiger partial charge is 0.480 e. The summed E-state index contributed by atoms with van der Waals surface area (Å²) in [4.78, 5) is 24.7. The molecule has 5 heteroatoms. The average Bonchev–Trinajstić information content (AvgIpc) is 3.30. The molecule has 2 N–H and O–H groups in total. The lowest BCUT2D eigenvalue weighted by atomic mass is 9.47. The van der Waals surface area contributed by atoms with Gasteiger partial charge in [0, 0.05) is 12.8 Å². The summed E-state index contributed by atoms with van der Waals surface area (Å²) in [6.45, 7) is 12.4. The summed E-state index contributed by atoms with van der Waals surface area (Å²) in [6, 6.07) is 8.40. The van der Waals surface area contributed by atoms with Crippen molar-refractivity contribution in [3.8, 4) is 0 Å². The highest BCUT2D eigenvalue weighted by Crippen LogP contribution is 2.67. The highest BCUT2D eigenvalue weighted by atomic mass is 16.6. The van der Waals surface area contributed by atoms with Crippen molar-refractivity contribution in [1.29, 1.82) is 0 Å². The van der Waals surface area contributed by atoms with Gasteiger partial charge < -0.3 is 15.2 Å². The highest BCUT2D eigenvalue weighted by molar-refractivity contribution is 5.80. The van der Waals surface area contributed by atoms with Gasteiger partial charge in [-0.25, -0.2) is 9.59 Å². The number of amides is 1. The van der Waals surface area contributed by atoms with Gasteiger partial charge in [0.15, 0.2) is 0 Å². The van der Waals surface area contributed by atoms with Crippen LogP contribution in [0.15, 0.2) is 42.0 Å². The number of rotatable bonds is 10. The number of nitrogens with one attached hydrogen (secondary N) is 1. The molecular formula is C37H55NO4. The van der Waals surface area contributed by atoms with E-state index in [0.717, 1.165) is 60.3 Å². The molecule has 2 unspecified atom stereocenters. The Balaban J connectivity index is 1.19. The lowest BCUT2D eigenvalue weighted by Crippen LogP contribution is -2.51. The maximum Gasteiger partial charge on any atom is 0.408 e. The van der Waals surface area contributed by atoms with Crippen LogP contribution >= 0.6 is 0 Å². The number of allylic oxidation sites excluding steroid dienone is 1. The minimum Gasteiger partial charge on any atom is -0.480 e. The van der Waals surface area contributed by atoms with Gasteiger partial charge in [-0.2, -0.15) is 0 Å². The fourth-order valence-corrected chi connectivity index (χ4v) is 10.1. The van der Waals surface area contributed by atoms with Crippen LogP contribution in [0.2, 0.25) is 0 Å². The number of alkyl carbamates (subject to hydrolysis) is 1. The molecule has 0 radical (unpaired) electrons. The summed E-state index contributed by atoms with van der Waals surface area (Å²) in [5.41, 5.74) is 3.03. The Morgan fingerprint density at radius 3 is 2.48 bits per heavy atom. The van der Waals surface area contributed by atoms with Gasteiger partial charge in [-0.1, -0.05) is 95.9 Å². The second-order valence-electron chi connectivity index (χ2n) is 15.3. The summed E-state index contributed by atoms with van der Waals surface area (Å²) >= 11 is 0. The van der Waals surface area contributed by atoms with Crippen LogP contribution in [-0.2, 0) is 16.0 Å². The lowest BCUT2D eigenvalue weighted by molar-refractivity contribution is -0.139. The molecule has 0 spiro atoms. The Labute approximate surface area is 254 Å². The number of carboxylic acid groups (broad SMARTS) is 1. The number of aliphatic carboxylic acids is 1. The van der Waals surface area contributed by atoms with Crippen molar-refractivity contribution in [2.24, 2.45) is 46.3 Å². The topological polar surface area (TPSA) is 75.6 Å². The van der Waals surface area contributed by atoms with E-state index >= 15 is 0 Å². The summed E-state index contributed by atoms with van der Waals surface area (Å²) < 4.78 is 5.86. The zero-order valence-electron chi connectivity index (χ0n) is 26.7. The molecule has 0 bridgehead atoms. The van der Waals surface area contributed by atoms with E-state index in [2.05, 4.69) is 46.0 Å². The maximum absolute atomic E-state index is 12.8. The van der Waals surface area contributed by atoms with Crippen LogP contribution in [0.5, 0.6) is 0 Å². The van der Waals surface area contributed by atoms with Crippen LogP contribution in [0.3, 0.4) is 0 Å². The van der Waals surface area contributed by atoms with Crippen molar-refractivity contribution in [2.45, 2.75) is 124 Å². The molecular weight excluding hydrogens is 522 g/mol. The fourth-order valence-electron chi connectivity index (χ4n) is 10.1. The Morgan fingerprint density at radius 2 is 1.76 bits per heavy atom. The standard InChI is InChI=1S/C37H55NO4/c1-24(2)10-9-11-25(3)30-16-17-31-29-15-14-27-23-28(18-20-36(27,4)32(29)19-21-37(30,31)5)42-35(41)38-33(34(39)40)22-26-12-7-6-8-13-26/h6-8,12-14,24-25,28-33H,9-11,15-23H2,1-5H3,(H,38,41)(H,39,40)/t25-,28+,29+,30?,31+,32+,33?,36+,37-/m1/s1. The first-order chi connectivity index (χ1) is 20.0. The molecule has 0 aliphatic heterocycles. The molecule has 0 saturated heterocycles. The first kappa shape index (κ1) is 31.1. The van der Waals surface area contributed by atoms with E-state index in [0.29, 0.717) is 5.41 Å². The van der Waals surface area contributed by atoms with Crippen LogP contribution in [0, 0.1) is 46.3 Å². The second-order valence-corrected chi connectivity index (χ2v) is 15.3. The van der Waals surface area contributed by atoms with Crippen LogP contribution < -0.4 is 5.32 Å². The molecule has 5 nitrogen and oxygen atoms in total. The summed E-state index contributed by atoms with van der Waals surface area (Å²) in [6.07, 6.45) is 15.4. The summed E-state index contributed by atoms with van der Waals surface area (Å²) in [7, 11) is 0. The predicted octanol–water partition coefficient (Wildman–Crippen LogP) is 8.82. The molecule has 4 aliphatic carbocycles. The van der Waals surface area contributed by atoms with Crippen molar-refractivity contribution >= 4 is 12.1 Å². The van der Waals surface area contributed by atoms with Gasteiger partial charge in [0.05, 0.1) is 0 Å². The molecule has 9 atom stereocenters. The molecule has 0 heterocycles. The third-order valence-electron chi connectivity index (χ3n) is 12.4. The van der Waals surface area contributed by atoms with Crippen LogP contribution in [0.1, 0.15) is 111 Å². The van der Waals surface area contributed by atoms with Gasteiger partial charge in [0.1, 0.15) is 12.1 Å². The number of hydrogen-bond donors (Lipinski definition) is 2. The van der Waals surface area contributed by atoms with Gasteiger partial charge in [0.25, 0.3) is 0 Å². The SMILES string of the molecule is CC(C)CCC[C@@H](C)C1CC[C@H]2[C@@H]3CC=C4C[C@@H](OC(=O)NC(Cc5ccccc5)C(=O)O)CC[C@]4(C)[C@H]3CC[C@]12C. The number of hydrogen-bond acceptors (Lipinski definition) is 3. The minimum absolute atomic E-state index is 0.191. The number of fused-ring (bicyclic) bond motifs is 5. The average molecular weight is 578 g/mol. The Hall–Kier alpha value is -2.30. The monoisotopic (exact) mass is 577 g/mol. The Kier molecular flexibility index (Phi) is 9.45. The van der Waals surface area contributed by atoms with Crippen molar-refractivity contribution in [1.82, 2.24) is 5.32 Å². The Morgan fingerprint density at radius 1 is 1.00 bits per heavy atom. The van der Waals surface area contributed by atoms with E-state index in [1.807, 2.05) is 30.3 Å². The van der Waals surface area contributed by atoms with E-state index in [-0.39, 0.29) is 17.9 Å². The van der Waals surface area contributed by atoms with Crippen molar-refractivity contribution in [2.75, 3.05) is 0 Å². The Bertz CT molecular complexity index is 1130. The number of ether oxygens (including phenoxy) is 1. The van der Waals surface area contributed by atoms with Crippen LogP contribution in [0.25, 0.3) is 0 Å². The molecule has 1 aromatic rings. The van der Waals surface area contributed by atoms with Crippen LogP contribution in [-0.4, -0.2) is 29.3 Å². The molecule has 3 fully saturated rings. The van der Waals surface area contributed by atoms with E-state index < -0.39 is 18.1 Å². The fraction of sp³-hybridized carbons (Fsp3) is 0.730. The summed E-state index contributed by atoms with van der Waals surface area (Å²) in [5.74, 6) is 3.79. The smallest absolute Gasteiger partial charge is 0.408 e. The van der Waals surface area contributed by atoms with Gasteiger partial charge in [0.2, 0.25) is 0 Å². The third kappa shape index (κ3) is 6.31. The van der Waals surface area contributed by atoms with Gasteiger partial charge >= 0.3 is 12.1 Å². The zero-order chi connectivity index (χ0) is 30.1. The lowest BCUT2D eigenvalue weighted by Gasteiger charge is -2.58. The molecule has 1 aromatic carbocycles. The first-order valence-electron chi connectivity index (χ1n) is 16.9. The maximum atomic E-state index is 12.8. The van der Waals surface area contributed by atoms with Crippen LogP contribution in [0.4, 0.5) is 4.79 Å². The number of carbonyl (C=O) groups excluding carboxylic acids is 1. The quantitative estimate of drug-likeness (QED) is 0.272. The number of benzene rings is 1. The second kappa shape index (κ2) is 12.7. The zero-order valence-corrected chi connectivity index (χ0v) is 26.7. The van der Waals surface area contributed by atoms with E-state index in [1.54, 1.807) is 0 Å². The van der Waals surface area contributed by atoms with Gasteiger partial charge in [-0.3, -0.25) is 0 Å².